The Bertz CT molecular complexity index is 821. The van der Waals surface area contributed by atoms with Gasteiger partial charge < -0.3 is 9.47 Å². The van der Waals surface area contributed by atoms with Crippen molar-refractivity contribution in [3.63, 3.8) is 0 Å². The van der Waals surface area contributed by atoms with Crippen molar-refractivity contribution in [3.8, 4) is 0 Å². The summed E-state index contributed by atoms with van der Waals surface area (Å²) < 4.78 is 11.2. The number of hydrogen-bond acceptors (Lipinski definition) is 3. The number of carbonyl (C=O) groups is 1. The molecule has 0 aromatic heterocycles. The highest BCUT2D eigenvalue weighted by Crippen LogP contribution is 2.51. The highest BCUT2D eigenvalue weighted by Gasteiger charge is 2.54. The maximum absolute atomic E-state index is 12.6. The molecule has 120 valence electrons. The largest absolute Gasteiger partial charge is 0.484 e. The monoisotopic (exact) mass is 318 g/mol. The molecule has 3 heteroatoms. The normalized spacial score (nSPS) is 24.6. The minimum absolute atomic E-state index is 0.249. The van der Waals surface area contributed by atoms with Crippen molar-refractivity contribution in [2.45, 2.75) is 12.5 Å². The predicted octanol–water partition coefficient (Wildman–Crippen LogP) is 4.07. The molecule has 0 amide bonds. The maximum Gasteiger partial charge on any atom is 0.320 e. The van der Waals surface area contributed by atoms with Crippen LogP contribution in [-0.2, 0) is 14.3 Å². The molecule has 0 saturated heterocycles. The number of fused-ring (bicyclic) bond motifs is 1. The molecule has 0 spiro atoms. The van der Waals surface area contributed by atoms with Gasteiger partial charge in [-0.25, -0.2) is 0 Å². The number of allylic oxidation sites excluding steroid dienone is 1. The van der Waals surface area contributed by atoms with Crippen LogP contribution in [0.2, 0.25) is 0 Å². The predicted molar refractivity (Wildman–Crippen MR) is 92.8 cm³/mol. The highest BCUT2D eigenvalue weighted by atomic mass is 16.5. The first-order chi connectivity index (χ1) is 11.7. The summed E-state index contributed by atoms with van der Waals surface area (Å²) in [5, 5.41) is 0. The van der Waals surface area contributed by atoms with E-state index in [1.165, 1.54) is 7.11 Å². The molecule has 0 bridgehead atoms. The molecule has 2 aromatic rings. The quantitative estimate of drug-likeness (QED) is 0.800. The number of carbonyl (C=O) groups excluding carboxylic acids is 1. The Morgan fingerprint density at radius 1 is 1.04 bits per heavy atom. The molecular weight excluding hydrogens is 300 g/mol. The van der Waals surface area contributed by atoms with Gasteiger partial charge in [-0.05, 0) is 29.7 Å². The molecule has 2 atom stereocenters. The van der Waals surface area contributed by atoms with Gasteiger partial charge in [-0.2, -0.15) is 0 Å². The molecule has 1 aliphatic carbocycles. The summed E-state index contributed by atoms with van der Waals surface area (Å²) in [4.78, 5) is 12.6. The number of methoxy groups -OCH3 is 1. The third kappa shape index (κ3) is 2.24. The lowest BCUT2D eigenvalue weighted by Crippen LogP contribution is -2.35. The summed E-state index contributed by atoms with van der Waals surface area (Å²) in [5.74, 6) is 0.495. The van der Waals surface area contributed by atoms with E-state index in [-0.39, 0.29) is 12.1 Å². The van der Waals surface area contributed by atoms with E-state index in [0.717, 1.165) is 22.5 Å². The van der Waals surface area contributed by atoms with Crippen LogP contribution in [0.15, 0.2) is 72.8 Å². The van der Waals surface area contributed by atoms with Gasteiger partial charge in [0.2, 0.25) is 0 Å². The zero-order valence-corrected chi connectivity index (χ0v) is 13.4. The van der Waals surface area contributed by atoms with Gasteiger partial charge in [0.05, 0.1) is 7.11 Å². The second kappa shape index (κ2) is 5.68. The Morgan fingerprint density at radius 2 is 1.67 bits per heavy atom. The first-order valence-corrected chi connectivity index (χ1v) is 8.02. The molecular formula is C21H18O3. The standard InChI is InChI=1S/C21H18O3/c1-23-20(22)21-13-17(15-8-4-2-5-9-15)12-19(21)24-18(14-21)16-10-6-3-7-11-16/h2-12,14,19H,13H2,1H3/t19-,21+/m0/s1. The van der Waals surface area contributed by atoms with Gasteiger partial charge in [-0.3, -0.25) is 4.79 Å². The fourth-order valence-corrected chi connectivity index (χ4v) is 3.52. The third-order valence-corrected chi connectivity index (χ3v) is 4.75. The van der Waals surface area contributed by atoms with Gasteiger partial charge in [0.1, 0.15) is 17.3 Å². The van der Waals surface area contributed by atoms with E-state index in [0.29, 0.717) is 6.42 Å². The summed E-state index contributed by atoms with van der Waals surface area (Å²) in [6.07, 6.45) is 4.25. The molecule has 2 aromatic carbocycles. The molecule has 1 heterocycles. The molecule has 3 nitrogen and oxygen atoms in total. The number of esters is 1. The van der Waals surface area contributed by atoms with E-state index in [1.54, 1.807) is 0 Å². The van der Waals surface area contributed by atoms with Crippen molar-refractivity contribution in [1.29, 1.82) is 0 Å². The number of rotatable bonds is 3. The zero-order valence-electron chi connectivity index (χ0n) is 13.4. The van der Waals surface area contributed by atoms with Crippen molar-refractivity contribution in [1.82, 2.24) is 0 Å². The summed E-state index contributed by atoms with van der Waals surface area (Å²) >= 11 is 0. The summed E-state index contributed by atoms with van der Waals surface area (Å²) in [6, 6.07) is 20.0. The number of benzene rings is 2. The van der Waals surface area contributed by atoms with Crippen LogP contribution in [0.5, 0.6) is 0 Å². The third-order valence-electron chi connectivity index (χ3n) is 4.75. The Kier molecular flexibility index (Phi) is 3.49. The van der Waals surface area contributed by atoms with Crippen molar-refractivity contribution in [2.24, 2.45) is 5.41 Å². The second-order valence-corrected chi connectivity index (χ2v) is 6.18. The number of hydrogen-bond donors (Lipinski definition) is 0. The van der Waals surface area contributed by atoms with E-state index in [2.05, 4.69) is 18.2 Å². The fraction of sp³-hybridized carbons (Fsp3) is 0.190. The SMILES string of the molecule is COC(=O)[C@]12C=C(c3ccccc3)O[C@H]1C=C(c1ccccc1)C2. The Morgan fingerprint density at radius 3 is 2.29 bits per heavy atom. The van der Waals surface area contributed by atoms with Gasteiger partial charge in [0, 0.05) is 5.56 Å². The average Bonchev–Trinajstić information content (AvgIpc) is 3.18. The number of ether oxygens (including phenoxy) is 2. The lowest BCUT2D eigenvalue weighted by Gasteiger charge is -2.23. The first kappa shape index (κ1) is 14.8. The molecule has 0 unspecified atom stereocenters. The zero-order chi connectivity index (χ0) is 16.6. The van der Waals surface area contributed by atoms with E-state index in [9.17, 15) is 4.79 Å². The molecule has 2 aliphatic rings. The van der Waals surface area contributed by atoms with Gasteiger partial charge in [0.25, 0.3) is 0 Å². The Labute approximate surface area is 141 Å². The van der Waals surface area contributed by atoms with Crippen LogP contribution in [0.3, 0.4) is 0 Å². The minimum Gasteiger partial charge on any atom is -0.484 e. The van der Waals surface area contributed by atoms with Gasteiger partial charge in [-0.1, -0.05) is 60.7 Å². The van der Waals surface area contributed by atoms with E-state index in [4.69, 9.17) is 9.47 Å². The second-order valence-electron chi connectivity index (χ2n) is 6.18. The molecule has 24 heavy (non-hydrogen) atoms. The van der Waals surface area contributed by atoms with Crippen LogP contribution in [0.25, 0.3) is 11.3 Å². The van der Waals surface area contributed by atoms with Crippen molar-refractivity contribution < 1.29 is 14.3 Å². The Balaban J connectivity index is 1.72. The lowest BCUT2D eigenvalue weighted by atomic mass is 9.82. The van der Waals surface area contributed by atoms with Gasteiger partial charge >= 0.3 is 5.97 Å². The van der Waals surface area contributed by atoms with Crippen LogP contribution < -0.4 is 0 Å². The summed E-state index contributed by atoms with van der Waals surface area (Å²) in [7, 11) is 1.43. The molecule has 0 saturated carbocycles. The van der Waals surface area contributed by atoms with E-state index in [1.807, 2.05) is 54.6 Å². The fourth-order valence-electron chi connectivity index (χ4n) is 3.52. The molecule has 1 aliphatic heterocycles. The van der Waals surface area contributed by atoms with Gasteiger partial charge in [0.15, 0.2) is 0 Å². The van der Waals surface area contributed by atoms with Crippen LogP contribution in [-0.4, -0.2) is 19.2 Å². The molecule has 0 fully saturated rings. The smallest absolute Gasteiger partial charge is 0.320 e. The van der Waals surface area contributed by atoms with Crippen molar-refractivity contribution >= 4 is 17.3 Å². The maximum atomic E-state index is 12.6. The van der Waals surface area contributed by atoms with Crippen LogP contribution in [0.1, 0.15) is 17.5 Å². The van der Waals surface area contributed by atoms with Crippen LogP contribution in [0.4, 0.5) is 0 Å². The Hall–Kier alpha value is -2.81. The lowest BCUT2D eigenvalue weighted by molar-refractivity contribution is -0.151. The summed E-state index contributed by atoms with van der Waals surface area (Å²) in [6.45, 7) is 0. The van der Waals surface area contributed by atoms with Gasteiger partial charge in [-0.15, -0.1) is 0 Å². The average molecular weight is 318 g/mol. The molecule has 4 rings (SSSR count). The van der Waals surface area contributed by atoms with Crippen LogP contribution >= 0.6 is 0 Å². The topological polar surface area (TPSA) is 35.5 Å². The van der Waals surface area contributed by atoms with E-state index >= 15 is 0 Å². The molecule has 0 radical (unpaired) electrons. The summed E-state index contributed by atoms with van der Waals surface area (Å²) in [5.41, 5.74) is 2.44. The minimum atomic E-state index is -0.773. The van der Waals surface area contributed by atoms with Crippen molar-refractivity contribution in [3.05, 3.63) is 83.9 Å². The highest BCUT2D eigenvalue weighted by molar-refractivity contribution is 5.90. The van der Waals surface area contributed by atoms with Crippen LogP contribution in [0, 0.1) is 5.41 Å². The first-order valence-electron chi connectivity index (χ1n) is 8.02. The molecule has 0 N–H and O–H groups in total. The van der Waals surface area contributed by atoms with Crippen molar-refractivity contribution in [2.75, 3.05) is 7.11 Å². The van der Waals surface area contributed by atoms with E-state index < -0.39 is 5.41 Å².